The summed E-state index contributed by atoms with van der Waals surface area (Å²) >= 11 is 0. The SMILES string of the molecule is CN(CCc1ccccc1)C1CCCC(N)(CO)C1. The maximum absolute atomic E-state index is 9.41. The highest BCUT2D eigenvalue weighted by atomic mass is 16.3. The van der Waals surface area contributed by atoms with E-state index >= 15 is 0 Å². The quantitative estimate of drug-likeness (QED) is 0.850. The number of aliphatic hydroxyl groups excluding tert-OH is 1. The first-order chi connectivity index (χ1) is 9.13. The zero-order valence-electron chi connectivity index (χ0n) is 11.9. The van der Waals surface area contributed by atoms with E-state index in [1.807, 2.05) is 0 Å². The molecule has 0 aliphatic heterocycles. The minimum Gasteiger partial charge on any atom is -0.394 e. The molecule has 1 aliphatic carbocycles. The average Bonchev–Trinajstić information content (AvgIpc) is 2.46. The van der Waals surface area contributed by atoms with Crippen LogP contribution in [0.1, 0.15) is 31.2 Å². The molecule has 3 nitrogen and oxygen atoms in total. The summed E-state index contributed by atoms with van der Waals surface area (Å²) in [5.41, 5.74) is 7.24. The minimum absolute atomic E-state index is 0.107. The van der Waals surface area contributed by atoms with Crippen molar-refractivity contribution in [2.75, 3.05) is 20.2 Å². The van der Waals surface area contributed by atoms with Gasteiger partial charge in [-0.25, -0.2) is 0 Å². The van der Waals surface area contributed by atoms with E-state index in [9.17, 15) is 5.11 Å². The van der Waals surface area contributed by atoms with Crippen molar-refractivity contribution in [3.63, 3.8) is 0 Å². The van der Waals surface area contributed by atoms with Gasteiger partial charge in [0.1, 0.15) is 0 Å². The van der Waals surface area contributed by atoms with Crippen LogP contribution in [0, 0.1) is 0 Å². The molecule has 1 aromatic carbocycles. The minimum atomic E-state index is -0.357. The van der Waals surface area contributed by atoms with E-state index in [4.69, 9.17) is 5.73 Å². The zero-order chi connectivity index (χ0) is 13.7. The maximum atomic E-state index is 9.41. The van der Waals surface area contributed by atoms with Gasteiger partial charge in [0.05, 0.1) is 6.61 Å². The molecular weight excluding hydrogens is 236 g/mol. The van der Waals surface area contributed by atoms with Crippen LogP contribution in [0.2, 0.25) is 0 Å². The summed E-state index contributed by atoms with van der Waals surface area (Å²) in [6.07, 6.45) is 5.26. The number of hydrogen-bond acceptors (Lipinski definition) is 3. The number of rotatable bonds is 5. The molecule has 106 valence electrons. The second-order valence-electron chi connectivity index (χ2n) is 5.99. The predicted octanol–water partition coefficient (Wildman–Crippen LogP) is 1.79. The molecule has 1 fully saturated rings. The third-order valence-corrected chi connectivity index (χ3v) is 4.39. The van der Waals surface area contributed by atoms with Crippen LogP contribution in [0.25, 0.3) is 0 Å². The van der Waals surface area contributed by atoms with Gasteiger partial charge in [0.15, 0.2) is 0 Å². The molecule has 1 aromatic rings. The van der Waals surface area contributed by atoms with Crippen LogP contribution < -0.4 is 5.73 Å². The first kappa shape index (κ1) is 14.5. The highest BCUT2D eigenvalue weighted by molar-refractivity contribution is 5.14. The van der Waals surface area contributed by atoms with Crippen LogP contribution in [-0.4, -0.2) is 41.8 Å². The average molecular weight is 262 g/mol. The lowest BCUT2D eigenvalue weighted by atomic mass is 9.80. The molecule has 0 radical (unpaired) electrons. The summed E-state index contributed by atoms with van der Waals surface area (Å²) in [6, 6.07) is 11.1. The second kappa shape index (κ2) is 6.51. The fourth-order valence-electron chi connectivity index (χ4n) is 3.02. The van der Waals surface area contributed by atoms with E-state index in [-0.39, 0.29) is 12.1 Å². The first-order valence-corrected chi connectivity index (χ1v) is 7.27. The molecule has 2 unspecified atom stereocenters. The third kappa shape index (κ3) is 4.03. The second-order valence-corrected chi connectivity index (χ2v) is 5.99. The van der Waals surface area contributed by atoms with Gasteiger partial charge < -0.3 is 15.7 Å². The van der Waals surface area contributed by atoms with Gasteiger partial charge in [0, 0.05) is 18.1 Å². The molecule has 2 rings (SSSR count). The van der Waals surface area contributed by atoms with E-state index in [2.05, 4.69) is 42.3 Å². The van der Waals surface area contributed by atoms with Crippen molar-refractivity contribution in [3.05, 3.63) is 35.9 Å². The van der Waals surface area contributed by atoms with E-state index in [1.54, 1.807) is 0 Å². The van der Waals surface area contributed by atoms with Gasteiger partial charge >= 0.3 is 0 Å². The number of benzene rings is 1. The fourth-order valence-corrected chi connectivity index (χ4v) is 3.02. The van der Waals surface area contributed by atoms with E-state index in [0.717, 1.165) is 32.2 Å². The topological polar surface area (TPSA) is 49.5 Å². The normalized spacial score (nSPS) is 27.7. The Kier molecular flexibility index (Phi) is 4.97. The van der Waals surface area contributed by atoms with Crippen molar-refractivity contribution in [2.45, 2.75) is 43.7 Å². The van der Waals surface area contributed by atoms with Crippen LogP contribution in [0.4, 0.5) is 0 Å². The molecule has 3 heteroatoms. The van der Waals surface area contributed by atoms with Gasteiger partial charge in [-0.05, 0) is 44.7 Å². The largest absolute Gasteiger partial charge is 0.394 e. The monoisotopic (exact) mass is 262 g/mol. The fraction of sp³-hybridized carbons (Fsp3) is 0.625. The van der Waals surface area contributed by atoms with Crippen molar-refractivity contribution < 1.29 is 5.11 Å². The number of nitrogens with two attached hydrogens (primary N) is 1. The summed E-state index contributed by atoms with van der Waals surface area (Å²) in [6.45, 7) is 1.16. The Bertz CT molecular complexity index is 382. The molecule has 0 saturated heterocycles. The lowest BCUT2D eigenvalue weighted by Crippen LogP contribution is -2.52. The molecule has 3 N–H and O–H groups in total. The van der Waals surface area contributed by atoms with Gasteiger partial charge in [-0.1, -0.05) is 30.3 Å². The molecule has 0 amide bonds. The lowest BCUT2D eigenvalue weighted by molar-refractivity contribution is 0.0952. The Morgan fingerprint density at radius 3 is 2.79 bits per heavy atom. The van der Waals surface area contributed by atoms with Crippen LogP contribution >= 0.6 is 0 Å². The van der Waals surface area contributed by atoms with Crippen molar-refractivity contribution in [2.24, 2.45) is 5.73 Å². The summed E-state index contributed by atoms with van der Waals surface area (Å²) in [7, 11) is 2.18. The van der Waals surface area contributed by atoms with Crippen LogP contribution in [-0.2, 0) is 6.42 Å². The number of nitrogens with zero attached hydrogens (tertiary/aromatic N) is 1. The Balaban J connectivity index is 1.84. The van der Waals surface area contributed by atoms with Crippen molar-refractivity contribution in [3.8, 4) is 0 Å². The van der Waals surface area contributed by atoms with Crippen LogP contribution in [0.3, 0.4) is 0 Å². The zero-order valence-corrected chi connectivity index (χ0v) is 11.9. The molecule has 0 aromatic heterocycles. The molecule has 0 spiro atoms. The number of aliphatic hydroxyl groups is 1. The van der Waals surface area contributed by atoms with Gasteiger partial charge in [-0.2, -0.15) is 0 Å². The van der Waals surface area contributed by atoms with Crippen molar-refractivity contribution >= 4 is 0 Å². The molecule has 0 bridgehead atoms. The van der Waals surface area contributed by atoms with Crippen LogP contribution in [0.15, 0.2) is 30.3 Å². The highest BCUT2D eigenvalue weighted by Gasteiger charge is 2.33. The summed E-state index contributed by atoms with van der Waals surface area (Å²) < 4.78 is 0. The highest BCUT2D eigenvalue weighted by Crippen LogP contribution is 2.28. The van der Waals surface area contributed by atoms with Crippen molar-refractivity contribution in [1.29, 1.82) is 0 Å². The molecule has 1 aliphatic rings. The summed E-state index contributed by atoms with van der Waals surface area (Å²) in [5, 5.41) is 9.41. The standard InChI is InChI=1S/C16H26N2O/c1-18(11-9-14-6-3-2-4-7-14)15-8-5-10-16(17,12-15)13-19/h2-4,6-7,15,19H,5,8-13,17H2,1H3. The van der Waals surface area contributed by atoms with E-state index in [0.29, 0.717) is 6.04 Å². The molecule has 19 heavy (non-hydrogen) atoms. The Morgan fingerprint density at radius 1 is 1.37 bits per heavy atom. The maximum Gasteiger partial charge on any atom is 0.0611 e. The van der Waals surface area contributed by atoms with Gasteiger partial charge in [-0.3, -0.25) is 0 Å². The molecule has 1 saturated carbocycles. The Hall–Kier alpha value is -0.900. The summed E-state index contributed by atoms with van der Waals surface area (Å²) in [4.78, 5) is 2.41. The van der Waals surface area contributed by atoms with E-state index < -0.39 is 0 Å². The van der Waals surface area contributed by atoms with Gasteiger partial charge in [-0.15, -0.1) is 0 Å². The molecule has 0 heterocycles. The number of hydrogen-bond donors (Lipinski definition) is 2. The Morgan fingerprint density at radius 2 is 2.11 bits per heavy atom. The van der Waals surface area contributed by atoms with Gasteiger partial charge in [0.25, 0.3) is 0 Å². The van der Waals surface area contributed by atoms with Crippen LogP contribution in [0.5, 0.6) is 0 Å². The van der Waals surface area contributed by atoms with E-state index in [1.165, 1.54) is 12.0 Å². The lowest BCUT2D eigenvalue weighted by Gasteiger charge is -2.40. The molecular formula is C16H26N2O. The Labute approximate surface area is 116 Å². The summed E-state index contributed by atoms with van der Waals surface area (Å²) in [5.74, 6) is 0. The predicted molar refractivity (Wildman–Crippen MR) is 79.0 cm³/mol. The molecule has 2 atom stereocenters. The van der Waals surface area contributed by atoms with Crippen molar-refractivity contribution in [1.82, 2.24) is 4.90 Å². The first-order valence-electron chi connectivity index (χ1n) is 7.27. The smallest absolute Gasteiger partial charge is 0.0611 e. The van der Waals surface area contributed by atoms with Gasteiger partial charge in [0.2, 0.25) is 0 Å². The number of likely N-dealkylation sites (N-methyl/N-ethyl adjacent to an activating group) is 1. The third-order valence-electron chi connectivity index (χ3n) is 4.39.